The Hall–Kier alpha value is -6.71. The smallest absolute Gasteiger partial charge is 0.416 e. The van der Waals surface area contributed by atoms with E-state index >= 15 is 0 Å². The first-order chi connectivity index (χ1) is 28.0. The predicted molar refractivity (Wildman–Crippen MR) is 199 cm³/mol. The molecule has 16 heteroatoms. The van der Waals surface area contributed by atoms with Gasteiger partial charge in [-0.2, -0.15) is 13.2 Å². The van der Waals surface area contributed by atoms with Crippen molar-refractivity contribution >= 4 is 17.8 Å². The maximum Gasteiger partial charge on any atom is 0.416 e. The molecule has 1 aromatic heterocycles. The van der Waals surface area contributed by atoms with Crippen LogP contribution in [0.15, 0.2) is 79.0 Å². The highest BCUT2D eigenvalue weighted by Gasteiger charge is 2.53. The fourth-order valence-corrected chi connectivity index (χ4v) is 7.81. The number of ether oxygens (including phenoxy) is 8. The van der Waals surface area contributed by atoms with Gasteiger partial charge in [0.15, 0.2) is 40.3 Å². The Kier molecular flexibility index (Phi) is 10.1. The molecule has 0 bridgehead atoms. The number of alkyl halides is 3. The van der Waals surface area contributed by atoms with Gasteiger partial charge in [-0.1, -0.05) is 23.4 Å². The van der Waals surface area contributed by atoms with Crippen LogP contribution in [-0.4, -0.2) is 68.6 Å². The molecule has 3 aliphatic rings. The predicted octanol–water partition coefficient (Wildman–Crippen LogP) is 7.06. The van der Waals surface area contributed by atoms with E-state index in [1.165, 1.54) is 58.8 Å². The number of carbonyl (C=O) groups excluding carboxylic acids is 2. The minimum atomic E-state index is -4.45. The van der Waals surface area contributed by atoms with E-state index in [0.717, 1.165) is 28.8 Å². The first-order valence-electron chi connectivity index (χ1n) is 18.0. The third-order valence-corrected chi connectivity index (χ3v) is 10.5. The monoisotopic (exact) mass is 799 g/mol. The standard InChI is InChI=1S/C42H36F3N3O10/c1-51-32-13-23(30(49)11-7-22-5-9-25(10-6-22)42(43,44)45)8-12-31(32)55-19-26-18-48(47-46-26)39-28-17-34-33(57-21-58-34)16-27(28)37(38-29(39)20-56-41(38)50)24-14-35(52-2)40(54-4)36(15-24)53-3/h5-18,29,37-39H,19-21H2,1-4H3/b11-7+/t29-,37+,38-,39+/m0/s1. The van der Waals surface area contributed by atoms with Crippen molar-refractivity contribution in [2.24, 2.45) is 11.8 Å². The summed E-state index contributed by atoms with van der Waals surface area (Å²) in [6.07, 6.45) is 0.000820. The first-order valence-corrected chi connectivity index (χ1v) is 18.0. The Balaban J connectivity index is 1.05. The minimum Gasteiger partial charge on any atom is -0.493 e. The topological polar surface area (TPSA) is 139 Å². The molecule has 0 spiro atoms. The van der Waals surface area contributed by atoms with E-state index in [4.69, 9.17) is 37.9 Å². The van der Waals surface area contributed by atoms with E-state index in [-0.39, 0.29) is 49.0 Å². The van der Waals surface area contributed by atoms with E-state index < -0.39 is 29.6 Å². The van der Waals surface area contributed by atoms with Gasteiger partial charge < -0.3 is 37.9 Å². The van der Waals surface area contributed by atoms with Crippen LogP contribution in [0, 0.1) is 11.8 Å². The number of cyclic esters (lactones) is 1. The van der Waals surface area contributed by atoms with Gasteiger partial charge >= 0.3 is 12.1 Å². The third kappa shape index (κ3) is 6.98. The van der Waals surface area contributed by atoms with E-state index in [0.29, 0.717) is 45.8 Å². The van der Waals surface area contributed by atoms with Crippen molar-refractivity contribution in [2.75, 3.05) is 41.8 Å². The van der Waals surface area contributed by atoms with E-state index in [9.17, 15) is 22.8 Å². The average Bonchev–Trinajstić information content (AvgIpc) is 4.00. The number of esters is 1. The zero-order valence-electron chi connectivity index (χ0n) is 31.6. The third-order valence-electron chi connectivity index (χ3n) is 10.5. The molecule has 0 amide bonds. The summed E-state index contributed by atoms with van der Waals surface area (Å²) in [6.45, 7) is 0.168. The molecule has 4 atom stereocenters. The van der Waals surface area contributed by atoms with Crippen molar-refractivity contribution in [3.8, 4) is 40.2 Å². The SMILES string of the molecule is COc1cc(C(=O)/C=C/c2ccc(C(F)(F)F)cc2)ccc1OCc1cn([C@@H]2c3cc4c(cc3[C@@H](c3cc(OC)c(OC)c(OC)c3)[C@H]3C(=O)OC[C@@H]32)OCO4)nn1. The summed E-state index contributed by atoms with van der Waals surface area (Å²) in [7, 11) is 6.02. The number of halogens is 3. The van der Waals surface area contributed by atoms with Crippen LogP contribution in [0.5, 0.6) is 40.2 Å². The number of rotatable bonds is 12. The van der Waals surface area contributed by atoms with Crippen molar-refractivity contribution in [1.29, 1.82) is 0 Å². The molecule has 4 aromatic carbocycles. The fraction of sp³-hybridized carbons (Fsp3) is 0.286. The molecule has 3 heterocycles. The van der Waals surface area contributed by atoms with Gasteiger partial charge in [0, 0.05) is 17.4 Å². The number of hydrogen-bond acceptors (Lipinski definition) is 12. The number of nitrogens with zero attached hydrogens (tertiary/aromatic N) is 3. The summed E-state index contributed by atoms with van der Waals surface area (Å²) in [5.74, 6) is 0.806. The van der Waals surface area contributed by atoms with Gasteiger partial charge in [-0.05, 0) is 82.9 Å². The molecule has 2 aliphatic heterocycles. The maximum absolute atomic E-state index is 13.7. The van der Waals surface area contributed by atoms with Crippen LogP contribution in [0.3, 0.4) is 0 Å². The Morgan fingerprint density at radius 1 is 0.845 bits per heavy atom. The zero-order chi connectivity index (χ0) is 40.7. The second-order valence-electron chi connectivity index (χ2n) is 13.7. The molecule has 13 nitrogen and oxygen atoms in total. The molecular formula is C42H36F3N3O10. The van der Waals surface area contributed by atoms with Crippen molar-refractivity contribution in [3.05, 3.63) is 118 Å². The van der Waals surface area contributed by atoms with Gasteiger partial charge in [0.25, 0.3) is 0 Å². The summed E-state index contributed by atoms with van der Waals surface area (Å²) < 4.78 is 86.3. The summed E-state index contributed by atoms with van der Waals surface area (Å²) in [5, 5.41) is 8.89. The number of carbonyl (C=O) groups is 2. The first kappa shape index (κ1) is 38.2. The normalized spacial score (nSPS) is 19.3. The molecule has 0 saturated carbocycles. The molecule has 0 unspecified atom stereocenters. The van der Waals surface area contributed by atoms with Crippen LogP contribution in [0.4, 0.5) is 13.2 Å². The number of allylic oxidation sites excluding steroid dienone is 1. The lowest BCUT2D eigenvalue weighted by Gasteiger charge is -2.39. The highest BCUT2D eigenvalue weighted by molar-refractivity contribution is 6.07. The number of aromatic nitrogens is 3. The van der Waals surface area contributed by atoms with Crippen LogP contribution < -0.4 is 33.2 Å². The van der Waals surface area contributed by atoms with Crippen molar-refractivity contribution in [1.82, 2.24) is 15.0 Å². The molecule has 8 rings (SSSR count). The second kappa shape index (κ2) is 15.3. The summed E-state index contributed by atoms with van der Waals surface area (Å²) in [6, 6.07) is 16.1. The van der Waals surface area contributed by atoms with Crippen LogP contribution >= 0.6 is 0 Å². The van der Waals surface area contributed by atoms with Crippen LogP contribution in [0.1, 0.15) is 55.8 Å². The Morgan fingerprint density at radius 2 is 1.53 bits per heavy atom. The summed E-state index contributed by atoms with van der Waals surface area (Å²) in [5.41, 5.74) is 2.82. The van der Waals surface area contributed by atoms with E-state index in [2.05, 4.69) is 10.3 Å². The van der Waals surface area contributed by atoms with Gasteiger partial charge in [0.1, 0.15) is 12.3 Å². The molecule has 1 fully saturated rings. The lowest BCUT2D eigenvalue weighted by atomic mass is 9.65. The molecule has 300 valence electrons. The molecule has 1 saturated heterocycles. The van der Waals surface area contributed by atoms with Crippen molar-refractivity contribution in [2.45, 2.75) is 24.7 Å². The Morgan fingerprint density at radius 3 is 2.19 bits per heavy atom. The van der Waals surface area contributed by atoms with Crippen molar-refractivity contribution < 1.29 is 60.7 Å². The Labute approximate surface area is 329 Å². The summed E-state index contributed by atoms with van der Waals surface area (Å²) in [4.78, 5) is 26.6. The molecule has 58 heavy (non-hydrogen) atoms. The largest absolute Gasteiger partial charge is 0.493 e. The van der Waals surface area contributed by atoms with Gasteiger partial charge in [-0.15, -0.1) is 5.10 Å². The highest BCUT2D eigenvalue weighted by Crippen LogP contribution is 2.56. The Bertz CT molecular complexity index is 2390. The molecular weight excluding hydrogens is 763 g/mol. The van der Waals surface area contributed by atoms with Crippen LogP contribution in [0.25, 0.3) is 6.08 Å². The molecule has 1 aliphatic carbocycles. The lowest BCUT2D eigenvalue weighted by Crippen LogP contribution is -2.37. The van der Waals surface area contributed by atoms with Gasteiger partial charge in [-0.25, -0.2) is 4.68 Å². The van der Waals surface area contributed by atoms with Gasteiger partial charge in [0.2, 0.25) is 12.5 Å². The lowest BCUT2D eigenvalue weighted by molar-refractivity contribution is -0.141. The zero-order valence-corrected chi connectivity index (χ0v) is 31.6. The van der Waals surface area contributed by atoms with Crippen LogP contribution in [0.2, 0.25) is 0 Å². The quantitative estimate of drug-likeness (QED) is 0.0726. The molecule has 5 aromatic rings. The minimum absolute atomic E-state index is 0.0181. The molecule has 0 N–H and O–H groups in total. The summed E-state index contributed by atoms with van der Waals surface area (Å²) >= 11 is 0. The number of methoxy groups -OCH3 is 4. The van der Waals surface area contributed by atoms with Gasteiger partial charge in [-0.3, -0.25) is 9.59 Å². The number of hydrogen-bond donors (Lipinski definition) is 0. The van der Waals surface area contributed by atoms with E-state index in [1.807, 2.05) is 24.3 Å². The number of benzene rings is 4. The second-order valence-corrected chi connectivity index (χ2v) is 13.7. The van der Waals surface area contributed by atoms with Crippen molar-refractivity contribution in [3.63, 3.8) is 0 Å². The average molecular weight is 800 g/mol. The van der Waals surface area contributed by atoms with Crippen LogP contribution in [-0.2, 0) is 22.3 Å². The maximum atomic E-state index is 13.7. The fourth-order valence-electron chi connectivity index (χ4n) is 7.81. The number of fused-ring (bicyclic) bond motifs is 3. The highest BCUT2D eigenvalue weighted by atomic mass is 19.4. The van der Waals surface area contributed by atoms with Gasteiger partial charge in [0.05, 0.1) is 58.8 Å². The molecule has 0 radical (unpaired) electrons. The van der Waals surface area contributed by atoms with E-state index in [1.54, 1.807) is 23.0 Å². The number of ketones is 1.